The van der Waals surface area contributed by atoms with Crippen molar-refractivity contribution >= 4 is 0 Å². The molecular formula is C11H15F2N. The maximum Gasteiger partial charge on any atom is 0.285 e. The Kier molecular flexibility index (Phi) is 3.58. The lowest BCUT2D eigenvalue weighted by molar-refractivity contribution is 0.00588. The highest BCUT2D eigenvalue weighted by molar-refractivity contribution is 5.27. The van der Waals surface area contributed by atoms with Crippen molar-refractivity contribution < 1.29 is 8.78 Å². The zero-order valence-electron chi connectivity index (χ0n) is 8.26. The molecule has 2 N–H and O–H groups in total. The molecule has 1 nitrogen and oxygen atoms in total. The van der Waals surface area contributed by atoms with Crippen LogP contribution in [0.3, 0.4) is 0 Å². The minimum atomic E-state index is -2.90. The van der Waals surface area contributed by atoms with E-state index in [9.17, 15) is 8.78 Å². The molecule has 3 heteroatoms. The van der Waals surface area contributed by atoms with E-state index in [1.807, 2.05) is 13.0 Å². The summed E-state index contributed by atoms with van der Waals surface area (Å²) in [7, 11) is 0. The monoisotopic (exact) mass is 199 g/mol. The second-order valence-electron chi connectivity index (χ2n) is 3.36. The first kappa shape index (κ1) is 11.1. The van der Waals surface area contributed by atoms with Crippen LogP contribution < -0.4 is 5.73 Å². The molecule has 14 heavy (non-hydrogen) atoms. The van der Waals surface area contributed by atoms with Gasteiger partial charge in [0, 0.05) is 5.56 Å². The van der Waals surface area contributed by atoms with E-state index in [2.05, 4.69) is 0 Å². The number of aryl methyl sites for hydroxylation is 1. The van der Waals surface area contributed by atoms with Gasteiger partial charge in [-0.05, 0) is 18.1 Å². The second-order valence-corrected chi connectivity index (χ2v) is 3.36. The SMILES string of the molecule is CCCc1cccc(C(F)(F)CN)c1. The van der Waals surface area contributed by atoms with Crippen molar-refractivity contribution in [3.05, 3.63) is 35.4 Å². The predicted octanol–water partition coefficient (Wildman–Crippen LogP) is 2.69. The largest absolute Gasteiger partial charge is 0.325 e. The van der Waals surface area contributed by atoms with Gasteiger partial charge in [0.05, 0.1) is 6.54 Å². The lowest BCUT2D eigenvalue weighted by atomic mass is 10.0. The molecule has 0 saturated carbocycles. The number of hydrogen-bond acceptors (Lipinski definition) is 1. The predicted molar refractivity (Wildman–Crippen MR) is 53.4 cm³/mol. The van der Waals surface area contributed by atoms with Crippen LogP contribution in [0.1, 0.15) is 24.5 Å². The van der Waals surface area contributed by atoms with Gasteiger partial charge in [-0.3, -0.25) is 0 Å². The van der Waals surface area contributed by atoms with Crippen LogP contribution in [0.15, 0.2) is 24.3 Å². The van der Waals surface area contributed by atoms with Crippen molar-refractivity contribution in [2.75, 3.05) is 6.54 Å². The summed E-state index contributed by atoms with van der Waals surface area (Å²) in [5, 5.41) is 0. The van der Waals surface area contributed by atoms with Gasteiger partial charge in [-0.1, -0.05) is 31.5 Å². The van der Waals surface area contributed by atoms with Crippen molar-refractivity contribution in [3.8, 4) is 0 Å². The molecule has 78 valence electrons. The van der Waals surface area contributed by atoms with Crippen LogP contribution in [0.5, 0.6) is 0 Å². The molecule has 0 saturated heterocycles. The maximum atomic E-state index is 13.2. The molecular weight excluding hydrogens is 184 g/mol. The highest BCUT2D eigenvalue weighted by Crippen LogP contribution is 2.27. The number of halogens is 2. The minimum absolute atomic E-state index is 0.0194. The third-order valence-electron chi connectivity index (χ3n) is 2.14. The third kappa shape index (κ3) is 2.51. The van der Waals surface area contributed by atoms with Crippen molar-refractivity contribution in [2.24, 2.45) is 5.73 Å². The summed E-state index contributed by atoms with van der Waals surface area (Å²) >= 11 is 0. The molecule has 1 rings (SSSR count). The normalized spacial score (nSPS) is 11.7. The van der Waals surface area contributed by atoms with Gasteiger partial charge in [-0.25, -0.2) is 0 Å². The fourth-order valence-electron chi connectivity index (χ4n) is 1.36. The Hall–Kier alpha value is -0.960. The standard InChI is InChI=1S/C11H15F2N/c1-2-4-9-5-3-6-10(7-9)11(12,13)8-14/h3,5-7H,2,4,8,14H2,1H3. The van der Waals surface area contributed by atoms with E-state index in [-0.39, 0.29) is 5.56 Å². The average molecular weight is 199 g/mol. The first-order valence-corrected chi connectivity index (χ1v) is 4.77. The quantitative estimate of drug-likeness (QED) is 0.792. The van der Waals surface area contributed by atoms with Crippen molar-refractivity contribution in [1.82, 2.24) is 0 Å². The van der Waals surface area contributed by atoms with E-state index in [1.54, 1.807) is 6.07 Å². The summed E-state index contributed by atoms with van der Waals surface area (Å²) in [4.78, 5) is 0. The third-order valence-corrected chi connectivity index (χ3v) is 2.14. The fourth-order valence-corrected chi connectivity index (χ4v) is 1.36. The van der Waals surface area contributed by atoms with Crippen LogP contribution in [0.4, 0.5) is 8.78 Å². The summed E-state index contributed by atoms with van der Waals surface area (Å²) in [5.41, 5.74) is 5.97. The smallest absolute Gasteiger partial charge is 0.285 e. The van der Waals surface area contributed by atoms with Gasteiger partial charge in [0.2, 0.25) is 0 Å². The topological polar surface area (TPSA) is 26.0 Å². The van der Waals surface area contributed by atoms with Crippen LogP contribution in [-0.2, 0) is 12.3 Å². The summed E-state index contributed by atoms with van der Waals surface area (Å²) in [6, 6.07) is 6.48. The van der Waals surface area contributed by atoms with E-state index >= 15 is 0 Å². The minimum Gasteiger partial charge on any atom is -0.325 e. The highest BCUT2D eigenvalue weighted by atomic mass is 19.3. The Bertz CT molecular complexity index is 297. The Morgan fingerprint density at radius 2 is 2.07 bits per heavy atom. The molecule has 0 aliphatic rings. The van der Waals surface area contributed by atoms with Crippen molar-refractivity contribution in [3.63, 3.8) is 0 Å². The molecule has 0 unspecified atom stereocenters. The van der Waals surface area contributed by atoms with E-state index in [4.69, 9.17) is 5.73 Å². The Morgan fingerprint density at radius 1 is 1.36 bits per heavy atom. The molecule has 1 aromatic carbocycles. The lowest BCUT2D eigenvalue weighted by Crippen LogP contribution is -2.25. The molecule has 0 spiro atoms. The summed E-state index contributed by atoms with van der Waals surface area (Å²) in [6.07, 6.45) is 1.78. The summed E-state index contributed by atoms with van der Waals surface area (Å²) in [5.74, 6) is -2.90. The van der Waals surface area contributed by atoms with E-state index in [0.717, 1.165) is 18.4 Å². The number of nitrogens with two attached hydrogens (primary N) is 1. The molecule has 0 aromatic heterocycles. The molecule has 0 atom stereocenters. The number of benzene rings is 1. The average Bonchev–Trinajstić information content (AvgIpc) is 2.19. The fraction of sp³-hybridized carbons (Fsp3) is 0.455. The van der Waals surface area contributed by atoms with Gasteiger partial charge in [0.15, 0.2) is 0 Å². The van der Waals surface area contributed by atoms with E-state index < -0.39 is 12.5 Å². The van der Waals surface area contributed by atoms with Crippen LogP contribution in [0.25, 0.3) is 0 Å². The van der Waals surface area contributed by atoms with Gasteiger partial charge in [0.25, 0.3) is 5.92 Å². The molecule has 0 heterocycles. The maximum absolute atomic E-state index is 13.2. The molecule has 0 amide bonds. The molecule has 0 radical (unpaired) electrons. The van der Waals surface area contributed by atoms with Gasteiger partial charge in [-0.2, -0.15) is 8.78 Å². The molecule has 0 bridgehead atoms. The summed E-state index contributed by atoms with van der Waals surface area (Å²) in [6.45, 7) is 1.39. The summed E-state index contributed by atoms with van der Waals surface area (Å²) < 4.78 is 26.4. The number of alkyl halides is 2. The van der Waals surface area contributed by atoms with Gasteiger partial charge >= 0.3 is 0 Å². The van der Waals surface area contributed by atoms with Crippen LogP contribution in [0, 0.1) is 0 Å². The van der Waals surface area contributed by atoms with Gasteiger partial charge in [-0.15, -0.1) is 0 Å². The number of rotatable bonds is 4. The zero-order valence-corrected chi connectivity index (χ0v) is 8.26. The molecule has 1 aromatic rings. The first-order chi connectivity index (χ1) is 6.60. The molecule has 0 aliphatic heterocycles. The number of hydrogen-bond donors (Lipinski definition) is 1. The van der Waals surface area contributed by atoms with Gasteiger partial charge in [0.1, 0.15) is 0 Å². The van der Waals surface area contributed by atoms with Crippen LogP contribution in [-0.4, -0.2) is 6.54 Å². The van der Waals surface area contributed by atoms with Gasteiger partial charge < -0.3 is 5.73 Å². The Morgan fingerprint density at radius 3 is 2.64 bits per heavy atom. The second kappa shape index (κ2) is 4.51. The molecule has 0 aliphatic carbocycles. The molecule has 0 fully saturated rings. The van der Waals surface area contributed by atoms with Crippen molar-refractivity contribution in [2.45, 2.75) is 25.7 Å². The lowest BCUT2D eigenvalue weighted by Gasteiger charge is -2.14. The highest BCUT2D eigenvalue weighted by Gasteiger charge is 2.29. The van der Waals surface area contributed by atoms with E-state index in [0.29, 0.717) is 0 Å². The van der Waals surface area contributed by atoms with Crippen molar-refractivity contribution in [1.29, 1.82) is 0 Å². The van der Waals surface area contributed by atoms with E-state index in [1.165, 1.54) is 12.1 Å². The van der Waals surface area contributed by atoms with Crippen LogP contribution >= 0.6 is 0 Å². The Balaban J connectivity index is 2.93. The van der Waals surface area contributed by atoms with Crippen LogP contribution in [0.2, 0.25) is 0 Å². The Labute approximate surface area is 82.9 Å². The first-order valence-electron chi connectivity index (χ1n) is 4.77. The zero-order chi connectivity index (χ0) is 10.6.